The van der Waals surface area contributed by atoms with E-state index in [0.29, 0.717) is 5.95 Å². The molecular formula is C39H27N3. The molecule has 0 N–H and O–H groups in total. The first-order chi connectivity index (χ1) is 20.8. The zero-order chi connectivity index (χ0) is 28.0. The van der Waals surface area contributed by atoms with Gasteiger partial charge in [-0.3, -0.25) is 4.57 Å². The molecule has 198 valence electrons. The number of para-hydroxylation sites is 2. The summed E-state index contributed by atoms with van der Waals surface area (Å²) in [4.78, 5) is 10.4. The summed E-state index contributed by atoms with van der Waals surface area (Å²) in [6.07, 6.45) is 5.33. The van der Waals surface area contributed by atoms with Gasteiger partial charge in [0.2, 0.25) is 5.95 Å². The predicted octanol–water partition coefficient (Wildman–Crippen LogP) is 7.74. The Bertz CT molecular complexity index is 2290. The summed E-state index contributed by atoms with van der Waals surface area (Å²) in [6.45, 7) is 4.57. The maximum absolute atomic E-state index is 5.26. The first-order valence-electron chi connectivity index (χ1n) is 14.3. The van der Waals surface area contributed by atoms with Crippen molar-refractivity contribution in [3.63, 3.8) is 0 Å². The van der Waals surface area contributed by atoms with Crippen molar-refractivity contribution < 1.29 is 0 Å². The Morgan fingerprint density at radius 2 is 1.26 bits per heavy atom. The molecule has 0 atom stereocenters. The van der Waals surface area contributed by atoms with Crippen molar-refractivity contribution in [1.29, 1.82) is 0 Å². The SMILES string of the molecule is C=C1/C=c2\c(n(-c3nc(-c4ccccc4)c4ccccc4n3)c3ccccc23)=C/Cc2ccccc2-c2ccccc21. The number of aromatic nitrogens is 3. The Balaban J connectivity index is 1.49. The summed E-state index contributed by atoms with van der Waals surface area (Å²) in [7, 11) is 0. The highest BCUT2D eigenvalue weighted by Crippen LogP contribution is 2.33. The number of allylic oxidation sites excluding steroid dienone is 1. The van der Waals surface area contributed by atoms with E-state index in [-0.39, 0.29) is 0 Å². The van der Waals surface area contributed by atoms with Crippen LogP contribution in [-0.4, -0.2) is 14.5 Å². The van der Waals surface area contributed by atoms with E-state index in [1.807, 2.05) is 12.1 Å². The van der Waals surface area contributed by atoms with Crippen LogP contribution in [-0.2, 0) is 6.42 Å². The standard InChI is InChI=1S/C39H27N3/c1-26-25-34-32-19-10-12-22-36(32)42(37(34)24-23-27-13-5-6-17-30(27)31-18-8-7-16-29(26)31)39-40-35-21-11-9-20-33(35)38(41-39)28-14-3-2-4-15-28/h2-22,24-25H,1,23H2/b34-25-,37-24+. The average Bonchev–Trinajstić information content (AvgIpc) is 3.36. The molecule has 0 aliphatic heterocycles. The van der Waals surface area contributed by atoms with Crippen molar-refractivity contribution in [2.24, 2.45) is 0 Å². The number of rotatable bonds is 2. The van der Waals surface area contributed by atoms with Gasteiger partial charge in [0, 0.05) is 21.6 Å². The molecule has 0 fully saturated rings. The van der Waals surface area contributed by atoms with Gasteiger partial charge in [-0.2, -0.15) is 0 Å². The summed E-state index contributed by atoms with van der Waals surface area (Å²) in [6, 6.07) is 44.4. The molecule has 1 aliphatic rings. The Kier molecular flexibility index (Phi) is 5.68. The molecule has 0 saturated heterocycles. The van der Waals surface area contributed by atoms with Gasteiger partial charge in [0.25, 0.3) is 0 Å². The average molecular weight is 538 g/mol. The normalized spacial score (nSPS) is 14.2. The molecule has 3 heteroatoms. The summed E-state index contributed by atoms with van der Waals surface area (Å²) in [5, 5.41) is 4.38. The third kappa shape index (κ3) is 3.90. The van der Waals surface area contributed by atoms with Crippen LogP contribution in [0.2, 0.25) is 0 Å². The van der Waals surface area contributed by atoms with Crippen LogP contribution in [0.25, 0.3) is 67.9 Å². The molecule has 8 rings (SSSR count). The van der Waals surface area contributed by atoms with E-state index < -0.39 is 0 Å². The fourth-order valence-corrected chi connectivity index (χ4v) is 6.25. The minimum Gasteiger partial charge on any atom is -0.278 e. The second-order valence-corrected chi connectivity index (χ2v) is 10.7. The molecule has 0 unspecified atom stereocenters. The highest BCUT2D eigenvalue weighted by molar-refractivity contribution is 5.98. The summed E-state index contributed by atoms with van der Waals surface area (Å²) >= 11 is 0. The van der Waals surface area contributed by atoms with E-state index in [2.05, 4.69) is 139 Å². The zero-order valence-electron chi connectivity index (χ0n) is 23.0. The lowest BCUT2D eigenvalue weighted by atomic mass is 9.90. The van der Waals surface area contributed by atoms with Crippen molar-refractivity contribution >= 4 is 39.5 Å². The largest absolute Gasteiger partial charge is 0.278 e. The lowest BCUT2D eigenvalue weighted by Crippen LogP contribution is -2.30. The van der Waals surface area contributed by atoms with Gasteiger partial charge in [0.05, 0.1) is 22.1 Å². The Morgan fingerprint density at radius 3 is 2.12 bits per heavy atom. The highest BCUT2D eigenvalue weighted by Gasteiger charge is 2.18. The number of nitrogens with zero attached hydrogens (tertiary/aromatic N) is 3. The van der Waals surface area contributed by atoms with E-state index in [1.165, 1.54) is 16.7 Å². The molecule has 5 aromatic carbocycles. The molecular weight excluding hydrogens is 510 g/mol. The van der Waals surface area contributed by atoms with E-state index in [0.717, 1.165) is 61.2 Å². The van der Waals surface area contributed by atoms with Gasteiger partial charge in [0.15, 0.2) is 0 Å². The van der Waals surface area contributed by atoms with Crippen LogP contribution < -0.4 is 10.6 Å². The minimum absolute atomic E-state index is 0.658. The van der Waals surface area contributed by atoms with Crippen molar-refractivity contribution in [3.05, 3.63) is 156 Å². The van der Waals surface area contributed by atoms with Gasteiger partial charge in [-0.25, -0.2) is 9.97 Å². The van der Waals surface area contributed by atoms with Crippen molar-refractivity contribution in [1.82, 2.24) is 14.5 Å². The van der Waals surface area contributed by atoms with E-state index in [1.54, 1.807) is 0 Å². The quantitative estimate of drug-likeness (QED) is 0.226. The molecule has 0 bridgehead atoms. The summed E-state index contributed by atoms with van der Waals surface area (Å²) < 4.78 is 2.23. The lowest BCUT2D eigenvalue weighted by molar-refractivity contribution is 0.948. The van der Waals surface area contributed by atoms with Gasteiger partial charge in [0.1, 0.15) is 0 Å². The second-order valence-electron chi connectivity index (χ2n) is 10.7. The third-order valence-corrected chi connectivity index (χ3v) is 8.21. The summed E-state index contributed by atoms with van der Waals surface area (Å²) in [5.41, 5.74) is 9.81. The Morgan fingerprint density at radius 1 is 0.595 bits per heavy atom. The van der Waals surface area contributed by atoms with Crippen molar-refractivity contribution in [2.45, 2.75) is 6.42 Å². The van der Waals surface area contributed by atoms with Crippen molar-refractivity contribution in [3.8, 4) is 28.3 Å². The molecule has 7 aromatic rings. The van der Waals surface area contributed by atoms with Crippen LogP contribution in [0, 0.1) is 0 Å². The molecule has 2 aromatic heterocycles. The fourth-order valence-electron chi connectivity index (χ4n) is 6.25. The van der Waals surface area contributed by atoms with Gasteiger partial charge in [-0.05, 0) is 52.5 Å². The molecule has 0 amide bonds. The van der Waals surface area contributed by atoms with E-state index in [4.69, 9.17) is 9.97 Å². The molecule has 1 aliphatic carbocycles. The van der Waals surface area contributed by atoms with Crippen LogP contribution in [0.15, 0.2) is 134 Å². The van der Waals surface area contributed by atoms with E-state index in [9.17, 15) is 0 Å². The molecule has 0 spiro atoms. The number of fused-ring (bicyclic) bond motifs is 7. The molecule has 0 saturated carbocycles. The predicted molar refractivity (Wildman–Crippen MR) is 175 cm³/mol. The minimum atomic E-state index is 0.658. The molecule has 0 radical (unpaired) electrons. The van der Waals surface area contributed by atoms with Crippen LogP contribution in [0.3, 0.4) is 0 Å². The van der Waals surface area contributed by atoms with Crippen LogP contribution in [0.5, 0.6) is 0 Å². The first kappa shape index (κ1) is 24.3. The molecule has 42 heavy (non-hydrogen) atoms. The maximum Gasteiger partial charge on any atom is 0.235 e. The first-order valence-corrected chi connectivity index (χ1v) is 14.3. The van der Waals surface area contributed by atoms with Crippen LogP contribution >= 0.6 is 0 Å². The molecule has 3 nitrogen and oxygen atoms in total. The van der Waals surface area contributed by atoms with Crippen LogP contribution in [0.1, 0.15) is 11.1 Å². The lowest BCUT2D eigenvalue weighted by Gasteiger charge is -2.15. The Labute approximate surface area is 244 Å². The monoisotopic (exact) mass is 537 g/mol. The zero-order valence-corrected chi connectivity index (χ0v) is 23.0. The van der Waals surface area contributed by atoms with Crippen LogP contribution in [0.4, 0.5) is 0 Å². The highest BCUT2D eigenvalue weighted by atomic mass is 15.2. The van der Waals surface area contributed by atoms with E-state index >= 15 is 0 Å². The van der Waals surface area contributed by atoms with Crippen molar-refractivity contribution in [2.75, 3.05) is 0 Å². The number of benzene rings is 5. The van der Waals surface area contributed by atoms with Gasteiger partial charge in [-0.15, -0.1) is 0 Å². The molecule has 2 heterocycles. The fraction of sp³-hybridized carbons (Fsp3) is 0.0256. The Hall–Kier alpha value is -5.54. The number of hydrogen-bond acceptors (Lipinski definition) is 2. The third-order valence-electron chi connectivity index (χ3n) is 8.21. The smallest absolute Gasteiger partial charge is 0.235 e. The van der Waals surface area contributed by atoms with Gasteiger partial charge < -0.3 is 0 Å². The van der Waals surface area contributed by atoms with Gasteiger partial charge >= 0.3 is 0 Å². The van der Waals surface area contributed by atoms with Gasteiger partial charge in [-0.1, -0.05) is 128 Å². The summed E-state index contributed by atoms with van der Waals surface area (Å²) in [5.74, 6) is 0.658. The topological polar surface area (TPSA) is 30.7 Å². The maximum atomic E-state index is 5.26. The second kappa shape index (κ2) is 9.83. The number of hydrogen-bond donors (Lipinski definition) is 0.